The molecule has 0 spiro atoms. The van der Waals surface area contributed by atoms with Gasteiger partial charge in [-0.25, -0.2) is 4.79 Å². The zero-order valence-electron chi connectivity index (χ0n) is 42.1. The van der Waals surface area contributed by atoms with Crippen LogP contribution in [0.4, 0.5) is 0 Å². The molecule has 2 saturated heterocycles. The quantitative estimate of drug-likeness (QED) is 0.0403. The Kier molecular flexibility index (Phi) is 23.3. The van der Waals surface area contributed by atoms with Crippen LogP contribution in [-0.2, 0) is 57.2 Å². The van der Waals surface area contributed by atoms with Crippen molar-refractivity contribution in [1.82, 2.24) is 4.90 Å². The third-order valence-corrected chi connectivity index (χ3v) is 14.4. The van der Waals surface area contributed by atoms with Gasteiger partial charge in [-0.05, 0) is 102 Å². The van der Waals surface area contributed by atoms with Crippen LogP contribution in [0.5, 0.6) is 0 Å². The second kappa shape index (κ2) is 27.1. The van der Waals surface area contributed by atoms with E-state index >= 15 is 0 Å². The van der Waals surface area contributed by atoms with Crippen molar-refractivity contribution in [2.24, 2.45) is 29.1 Å². The molecule has 17 nitrogen and oxygen atoms in total. The Bertz CT molecular complexity index is 1790. The molecule has 68 heavy (non-hydrogen) atoms. The summed E-state index contributed by atoms with van der Waals surface area (Å²) in [7, 11) is 4.37. The number of carbonyl (C=O) groups excluding carboxylic acids is 6. The standard InChI is InChI=1S/C51H81NO16/c1-12-16-30(3)41(63-9)26-36-20-18-34(7)51(62,68-36)46(58)47(59)52-22-15-14-17-37(52)48(60)66-42(27-39(56)31(4)23-33(6)44(57)45(65-11)38(55)13-2)32(5)24-35-19-21-40(43(25-35)64-10)67-49(61)50(8,28-53)29-54/h12,16,23,31-32,34-37,40-45,53-54,57,62H,1,13-15,17-22,24-29H2,2-11H3/b30-16+,33-23+/t31-,32-,34-,35-,36?,37+,40-,41+,42-,43?,44-,45-,51-/m0/s1. The van der Waals surface area contributed by atoms with Gasteiger partial charge in [-0.3, -0.25) is 24.0 Å². The Balaban J connectivity index is 1.89. The maximum Gasteiger partial charge on any atom is 0.329 e. The largest absolute Gasteiger partial charge is 0.460 e. The van der Waals surface area contributed by atoms with Crippen molar-refractivity contribution in [3.8, 4) is 0 Å². The van der Waals surface area contributed by atoms with Gasteiger partial charge >= 0.3 is 11.9 Å². The predicted octanol–water partition coefficient (Wildman–Crippen LogP) is 4.53. The number of esters is 2. The molecular weight excluding hydrogens is 883 g/mol. The molecule has 2 heterocycles. The maximum atomic E-state index is 14.4. The van der Waals surface area contributed by atoms with Crippen molar-refractivity contribution >= 4 is 35.2 Å². The van der Waals surface area contributed by atoms with Gasteiger partial charge in [-0.2, -0.15) is 0 Å². The van der Waals surface area contributed by atoms with Crippen LogP contribution in [0, 0.1) is 29.1 Å². The third kappa shape index (κ3) is 14.9. The maximum absolute atomic E-state index is 14.4. The fourth-order valence-corrected chi connectivity index (χ4v) is 9.56. The monoisotopic (exact) mass is 964 g/mol. The number of ketones is 3. The van der Waals surface area contributed by atoms with Crippen LogP contribution in [0.2, 0.25) is 0 Å². The van der Waals surface area contributed by atoms with Gasteiger partial charge in [0.05, 0.1) is 31.5 Å². The number of ether oxygens (including phenoxy) is 6. The molecule has 3 aliphatic rings. The molecule has 17 heteroatoms. The first-order chi connectivity index (χ1) is 32.1. The Morgan fingerprint density at radius 3 is 2.18 bits per heavy atom. The zero-order valence-corrected chi connectivity index (χ0v) is 42.1. The lowest BCUT2D eigenvalue weighted by Crippen LogP contribution is -2.61. The summed E-state index contributed by atoms with van der Waals surface area (Å²) < 4.78 is 34.7. The first-order valence-corrected chi connectivity index (χ1v) is 24.3. The average Bonchev–Trinajstić information content (AvgIpc) is 3.33. The molecule has 2 unspecified atom stereocenters. The van der Waals surface area contributed by atoms with Crippen molar-refractivity contribution in [1.29, 1.82) is 0 Å². The number of methoxy groups -OCH3 is 3. The van der Waals surface area contributed by atoms with Gasteiger partial charge in [-0.15, -0.1) is 0 Å². The normalized spacial score (nSPS) is 27.8. The van der Waals surface area contributed by atoms with Gasteiger partial charge in [-0.1, -0.05) is 52.5 Å². The summed E-state index contributed by atoms with van der Waals surface area (Å²) >= 11 is 0. The van der Waals surface area contributed by atoms with Gasteiger partial charge in [0, 0.05) is 59.0 Å². The van der Waals surface area contributed by atoms with Gasteiger partial charge in [0.1, 0.15) is 41.7 Å². The summed E-state index contributed by atoms with van der Waals surface area (Å²) in [4.78, 5) is 83.4. The molecule has 1 amide bonds. The second-order valence-electron chi connectivity index (χ2n) is 19.6. The number of likely N-dealkylation sites (tertiary alicyclic amines) is 1. The minimum absolute atomic E-state index is 0.0337. The van der Waals surface area contributed by atoms with Gasteiger partial charge in [0.15, 0.2) is 5.78 Å². The van der Waals surface area contributed by atoms with Gasteiger partial charge < -0.3 is 53.7 Å². The molecule has 0 aromatic carbocycles. The van der Waals surface area contributed by atoms with E-state index in [0.29, 0.717) is 63.4 Å². The molecule has 386 valence electrons. The van der Waals surface area contributed by atoms with E-state index in [1.54, 1.807) is 53.0 Å². The Labute approximate surface area is 402 Å². The van der Waals surface area contributed by atoms with E-state index < -0.39 is 108 Å². The second-order valence-corrected chi connectivity index (χ2v) is 19.6. The summed E-state index contributed by atoms with van der Waals surface area (Å²) in [6.45, 7) is 14.3. The number of nitrogens with zero attached hydrogens (tertiary/aromatic N) is 1. The Morgan fingerprint density at radius 2 is 1.59 bits per heavy atom. The highest BCUT2D eigenvalue weighted by Crippen LogP contribution is 2.38. The van der Waals surface area contributed by atoms with Crippen LogP contribution in [0.15, 0.2) is 36.0 Å². The van der Waals surface area contributed by atoms with Crippen LogP contribution in [0.3, 0.4) is 0 Å². The number of allylic oxidation sites excluding steroid dienone is 3. The molecular formula is C51H81NO16. The smallest absolute Gasteiger partial charge is 0.329 e. The summed E-state index contributed by atoms with van der Waals surface area (Å²) in [6.07, 6.45) is 3.62. The van der Waals surface area contributed by atoms with Crippen molar-refractivity contribution < 1.29 is 77.6 Å². The summed E-state index contributed by atoms with van der Waals surface area (Å²) in [5, 5.41) is 42.3. The number of hydrogen-bond acceptors (Lipinski definition) is 16. The number of amides is 1. The average molecular weight is 964 g/mol. The summed E-state index contributed by atoms with van der Waals surface area (Å²) in [5.41, 5.74) is -0.260. The van der Waals surface area contributed by atoms with Crippen molar-refractivity contribution in [2.45, 2.75) is 180 Å². The van der Waals surface area contributed by atoms with E-state index in [-0.39, 0.29) is 49.4 Å². The van der Waals surface area contributed by atoms with E-state index in [4.69, 9.17) is 28.4 Å². The minimum atomic E-state index is -2.46. The van der Waals surface area contributed by atoms with Gasteiger partial charge in [0.2, 0.25) is 5.79 Å². The molecule has 13 atom stereocenters. The van der Waals surface area contributed by atoms with Crippen LogP contribution in [-0.4, -0.2) is 156 Å². The first-order valence-electron chi connectivity index (χ1n) is 24.3. The SMILES string of the molecule is C=C/C=C(\C)[C@@H](CC1CC[C@H](C)[C@@](O)(C(=O)C(=O)N2CCCC[C@@H]2C(=O)O[C@@H](CC(=O)[C@@H](C)/C=C(\C)[C@H](O)[C@@H](OC)C(=O)CC)[C@@H](C)C[C@@H]2CC[C@H](OC(=O)C(C)(CO)CO)C(OC)C2)O1)OC. The number of piperidine rings is 1. The zero-order chi connectivity index (χ0) is 51.1. The summed E-state index contributed by atoms with van der Waals surface area (Å²) in [5.74, 6) is -8.87. The van der Waals surface area contributed by atoms with Crippen LogP contribution >= 0.6 is 0 Å². The highest BCUT2D eigenvalue weighted by molar-refractivity contribution is 6.39. The van der Waals surface area contributed by atoms with Crippen LogP contribution < -0.4 is 0 Å². The Hall–Kier alpha value is -3.68. The lowest BCUT2D eigenvalue weighted by atomic mass is 9.78. The lowest BCUT2D eigenvalue weighted by Gasteiger charge is -2.42. The first kappa shape index (κ1) is 58.6. The lowest BCUT2D eigenvalue weighted by molar-refractivity contribution is -0.265. The molecule has 2 aliphatic heterocycles. The number of Topliss-reactive ketones (excluding diaryl/α,β-unsaturated/α-hetero) is 3. The highest BCUT2D eigenvalue weighted by atomic mass is 16.6. The third-order valence-electron chi connectivity index (χ3n) is 14.4. The highest BCUT2D eigenvalue weighted by Gasteiger charge is 2.53. The number of hydrogen-bond donors (Lipinski definition) is 4. The molecule has 0 aromatic heterocycles. The molecule has 3 fully saturated rings. The van der Waals surface area contributed by atoms with Crippen molar-refractivity contribution in [3.05, 3.63) is 36.0 Å². The summed E-state index contributed by atoms with van der Waals surface area (Å²) in [6, 6.07) is -1.20. The molecule has 4 N–H and O–H groups in total. The van der Waals surface area contributed by atoms with Gasteiger partial charge in [0.25, 0.3) is 11.7 Å². The fraction of sp³-hybridized carbons (Fsp3) is 0.765. The molecule has 0 aromatic rings. The number of aliphatic hydroxyl groups excluding tert-OH is 3. The van der Waals surface area contributed by atoms with E-state index in [1.165, 1.54) is 21.1 Å². The fourth-order valence-electron chi connectivity index (χ4n) is 9.56. The van der Waals surface area contributed by atoms with Crippen LogP contribution in [0.1, 0.15) is 126 Å². The molecule has 1 saturated carbocycles. The molecule has 0 radical (unpaired) electrons. The molecule has 1 aliphatic carbocycles. The van der Waals surface area contributed by atoms with Crippen LogP contribution in [0.25, 0.3) is 0 Å². The number of aliphatic hydroxyl groups is 4. The van der Waals surface area contributed by atoms with E-state index in [9.17, 15) is 49.2 Å². The Morgan fingerprint density at radius 1 is 0.912 bits per heavy atom. The molecule has 3 rings (SSSR count). The topological polar surface area (TPSA) is 242 Å². The number of rotatable bonds is 26. The molecule has 0 bridgehead atoms. The van der Waals surface area contributed by atoms with E-state index in [2.05, 4.69) is 6.58 Å². The minimum Gasteiger partial charge on any atom is -0.460 e. The number of carbonyl (C=O) groups is 6. The predicted molar refractivity (Wildman–Crippen MR) is 251 cm³/mol. The van der Waals surface area contributed by atoms with E-state index in [0.717, 1.165) is 10.5 Å². The van der Waals surface area contributed by atoms with Crippen molar-refractivity contribution in [2.75, 3.05) is 41.1 Å². The van der Waals surface area contributed by atoms with E-state index in [1.807, 2.05) is 13.8 Å². The van der Waals surface area contributed by atoms with Crippen molar-refractivity contribution in [3.63, 3.8) is 0 Å².